The number of aryl methyl sites for hydroxylation is 1. The lowest BCUT2D eigenvalue weighted by molar-refractivity contribution is 0.338. The summed E-state index contributed by atoms with van der Waals surface area (Å²) in [7, 11) is 5.25. The van der Waals surface area contributed by atoms with Gasteiger partial charge in [-0.05, 0) is 12.8 Å². The Morgan fingerprint density at radius 2 is 1.91 bits per heavy atom. The molecule has 0 radical (unpaired) electrons. The second kappa shape index (κ2) is 9.21. The van der Waals surface area contributed by atoms with Gasteiger partial charge in [-0.2, -0.15) is 10.2 Å². The Hall–Kier alpha value is -3.69. The number of hydrogen-bond acceptors (Lipinski definition) is 6. The largest absolute Gasteiger partial charge is 0.373 e. The van der Waals surface area contributed by atoms with E-state index in [0.717, 1.165) is 32.5 Å². The van der Waals surface area contributed by atoms with E-state index in [-0.39, 0.29) is 11.2 Å². The lowest BCUT2D eigenvalue weighted by Gasteiger charge is -2.22. The van der Waals surface area contributed by atoms with Gasteiger partial charge in [0.05, 0.1) is 17.8 Å². The molecule has 4 aromatic rings. The fourth-order valence-corrected chi connectivity index (χ4v) is 4.02. The van der Waals surface area contributed by atoms with Gasteiger partial charge in [-0.1, -0.05) is 19.3 Å². The molecule has 2 N–H and O–H groups in total. The molecular weight excluding hydrogens is 408 g/mol. The van der Waals surface area contributed by atoms with Gasteiger partial charge in [0.2, 0.25) is 0 Å². The number of fused-ring (bicyclic) bond motifs is 1. The number of rotatable bonds is 3. The van der Waals surface area contributed by atoms with E-state index in [1.54, 1.807) is 0 Å². The Morgan fingerprint density at radius 3 is 2.53 bits per heavy atom. The second-order valence-corrected chi connectivity index (χ2v) is 8.00. The molecule has 0 unspecified atom stereocenters. The van der Waals surface area contributed by atoms with E-state index in [0.29, 0.717) is 6.04 Å². The van der Waals surface area contributed by atoms with Crippen LogP contribution in [0.1, 0.15) is 38.1 Å². The van der Waals surface area contributed by atoms with Crippen LogP contribution >= 0.6 is 0 Å². The van der Waals surface area contributed by atoms with Gasteiger partial charge in [-0.25, -0.2) is 9.78 Å². The third kappa shape index (κ3) is 4.34. The zero-order chi connectivity index (χ0) is 22.7. The number of anilines is 1. The minimum atomic E-state index is -0.387. The fraction of sp³-hybridized carbons (Fsp3) is 0.409. The molecule has 0 aliphatic heterocycles. The van der Waals surface area contributed by atoms with Crippen molar-refractivity contribution >= 4 is 16.7 Å². The van der Waals surface area contributed by atoms with Gasteiger partial charge < -0.3 is 10.3 Å². The third-order valence-electron chi connectivity index (χ3n) is 5.81. The van der Waals surface area contributed by atoms with Crippen LogP contribution in [-0.4, -0.2) is 41.1 Å². The first-order valence-corrected chi connectivity index (χ1v) is 10.8. The summed E-state index contributed by atoms with van der Waals surface area (Å²) in [5.74, 6) is 0.882. The Morgan fingerprint density at radius 1 is 1.12 bits per heavy atom. The van der Waals surface area contributed by atoms with Crippen molar-refractivity contribution in [2.75, 3.05) is 12.4 Å². The Kier molecular flexibility index (Phi) is 6.20. The van der Waals surface area contributed by atoms with Crippen molar-refractivity contribution in [2.45, 2.75) is 38.1 Å². The molecule has 1 aliphatic rings. The van der Waals surface area contributed by atoms with E-state index in [9.17, 15) is 9.59 Å². The molecule has 1 aliphatic carbocycles. The van der Waals surface area contributed by atoms with Gasteiger partial charge in [-0.3, -0.25) is 18.7 Å². The van der Waals surface area contributed by atoms with Crippen LogP contribution in [0.15, 0.2) is 46.5 Å². The molecule has 0 bridgehead atoms. The predicted molar refractivity (Wildman–Crippen MR) is 124 cm³/mol. The first kappa shape index (κ1) is 21.5. The average Bonchev–Trinajstić information content (AvgIpc) is 3.41. The maximum atomic E-state index is 10.6. The summed E-state index contributed by atoms with van der Waals surface area (Å²) in [6.45, 7) is 0. The van der Waals surface area contributed by atoms with Gasteiger partial charge in [0, 0.05) is 62.8 Å². The van der Waals surface area contributed by atoms with Crippen LogP contribution in [0.3, 0.4) is 0 Å². The number of nitrogens with zero attached hydrogens (tertiary/aromatic N) is 6. The molecule has 1 saturated carbocycles. The van der Waals surface area contributed by atoms with Crippen LogP contribution in [0, 0.1) is 0 Å². The summed E-state index contributed by atoms with van der Waals surface area (Å²) in [4.78, 5) is 28.0. The molecule has 0 aromatic carbocycles. The summed E-state index contributed by atoms with van der Waals surface area (Å²) in [5.41, 5.74) is 2.51. The summed E-state index contributed by atoms with van der Waals surface area (Å²) >= 11 is 0. The molecule has 10 nitrogen and oxygen atoms in total. The number of H-pyrrole nitrogens is 1. The molecule has 0 saturated heterocycles. The van der Waals surface area contributed by atoms with Crippen LogP contribution < -0.4 is 16.6 Å². The monoisotopic (exact) mass is 436 g/mol. The fourth-order valence-electron chi connectivity index (χ4n) is 4.02. The summed E-state index contributed by atoms with van der Waals surface area (Å²) in [6.07, 6.45) is 13.5. The van der Waals surface area contributed by atoms with Crippen molar-refractivity contribution in [2.24, 2.45) is 14.1 Å². The predicted octanol–water partition coefficient (Wildman–Crippen LogP) is 2.45. The highest BCUT2D eigenvalue weighted by Crippen LogP contribution is 2.35. The van der Waals surface area contributed by atoms with Crippen molar-refractivity contribution in [3.05, 3.63) is 57.8 Å². The van der Waals surface area contributed by atoms with Crippen LogP contribution in [0.25, 0.3) is 22.2 Å². The number of aromatic amines is 1. The first-order valence-electron chi connectivity index (χ1n) is 10.8. The van der Waals surface area contributed by atoms with Crippen molar-refractivity contribution in [1.29, 1.82) is 0 Å². The molecule has 4 aromatic heterocycles. The van der Waals surface area contributed by atoms with E-state index in [1.807, 2.05) is 37.4 Å². The molecule has 0 amide bonds. The van der Waals surface area contributed by atoms with Gasteiger partial charge in [-0.15, -0.1) is 0 Å². The van der Waals surface area contributed by atoms with Gasteiger partial charge >= 0.3 is 5.69 Å². The second-order valence-electron chi connectivity index (χ2n) is 8.00. The van der Waals surface area contributed by atoms with Crippen LogP contribution in [0.5, 0.6) is 0 Å². The molecule has 10 heteroatoms. The van der Waals surface area contributed by atoms with E-state index in [2.05, 4.69) is 31.1 Å². The van der Waals surface area contributed by atoms with Crippen LogP contribution in [0.4, 0.5) is 5.82 Å². The topological polar surface area (TPSA) is 115 Å². The Balaban J connectivity index is 0.000000230. The highest BCUT2D eigenvalue weighted by Gasteiger charge is 2.22. The average molecular weight is 437 g/mol. The smallest absolute Gasteiger partial charge is 0.328 e. The van der Waals surface area contributed by atoms with Gasteiger partial charge in [0.15, 0.2) is 0 Å². The zero-order valence-electron chi connectivity index (χ0n) is 18.6. The standard InChI is InChI=1S/C17H22N6.C5H6N2O2/c1-18-16-8-15-14(10-19-16)17(12-9-20-22(2)11-12)21-23(15)13-6-4-3-5-7-13;1-7-4(8)2-3-6-5(7)9/h8-11,13H,3-7H2,1-2H3,(H,18,19);2-3H,1H3,(H,6,9). The SMILES string of the molecule is CNc1cc2c(cn1)c(-c1cnn(C)c1)nn2C1CCCCC1.Cn1c(=O)cc[nH]c1=O. The molecule has 0 spiro atoms. The zero-order valence-corrected chi connectivity index (χ0v) is 18.6. The summed E-state index contributed by atoms with van der Waals surface area (Å²) in [5, 5.41) is 13.5. The van der Waals surface area contributed by atoms with Crippen molar-refractivity contribution in [3.8, 4) is 11.3 Å². The van der Waals surface area contributed by atoms with Gasteiger partial charge in [0.25, 0.3) is 5.56 Å². The highest BCUT2D eigenvalue weighted by atomic mass is 16.2. The maximum Gasteiger partial charge on any atom is 0.328 e. The van der Waals surface area contributed by atoms with Crippen molar-refractivity contribution < 1.29 is 0 Å². The molecule has 4 heterocycles. The molecule has 168 valence electrons. The molecule has 5 rings (SSSR count). The van der Waals surface area contributed by atoms with E-state index in [1.165, 1.54) is 51.4 Å². The van der Waals surface area contributed by atoms with Crippen molar-refractivity contribution in [1.82, 2.24) is 34.1 Å². The molecule has 1 fully saturated rings. The lowest BCUT2D eigenvalue weighted by Crippen LogP contribution is -2.30. The number of hydrogen-bond donors (Lipinski definition) is 2. The minimum Gasteiger partial charge on any atom is -0.373 e. The quantitative estimate of drug-likeness (QED) is 0.510. The summed E-state index contributed by atoms with van der Waals surface area (Å²) in [6, 6.07) is 3.89. The van der Waals surface area contributed by atoms with Crippen LogP contribution in [-0.2, 0) is 14.1 Å². The first-order chi connectivity index (χ1) is 15.5. The third-order valence-corrected chi connectivity index (χ3v) is 5.81. The number of pyridine rings is 1. The lowest BCUT2D eigenvalue weighted by atomic mass is 9.95. The Labute approximate surface area is 184 Å². The van der Waals surface area contributed by atoms with E-state index < -0.39 is 0 Å². The summed E-state index contributed by atoms with van der Waals surface area (Å²) < 4.78 is 5.04. The Bertz CT molecular complexity index is 1300. The maximum absolute atomic E-state index is 10.6. The van der Waals surface area contributed by atoms with Crippen molar-refractivity contribution in [3.63, 3.8) is 0 Å². The molecule has 0 atom stereocenters. The van der Waals surface area contributed by atoms with E-state index in [4.69, 9.17) is 5.10 Å². The number of nitrogens with one attached hydrogen (secondary N) is 2. The normalized spacial score (nSPS) is 14.2. The highest BCUT2D eigenvalue weighted by molar-refractivity contribution is 5.93. The number of aromatic nitrogens is 7. The van der Waals surface area contributed by atoms with E-state index >= 15 is 0 Å². The minimum absolute atomic E-state index is 0.293. The van der Waals surface area contributed by atoms with Gasteiger partial charge in [0.1, 0.15) is 11.5 Å². The molecule has 32 heavy (non-hydrogen) atoms. The molecular formula is C22H28N8O2. The van der Waals surface area contributed by atoms with Crippen LogP contribution in [0.2, 0.25) is 0 Å².